The number of hydrazone groups is 1. The molecule has 3 aromatic carbocycles. The van der Waals surface area contributed by atoms with Gasteiger partial charge in [0.25, 0.3) is 15.9 Å². The first kappa shape index (κ1) is 21.5. The van der Waals surface area contributed by atoms with E-state index in [-0.39, 0.29) is 4.90 Å². The Labute approximate surface area is 180 Å². The molecular weight excluding hydrogens is 422 g/mol. The van der Waals surface area contributed by atoms with Crippen molar-refractivity contribution in [3.8, 4) is 0 Å². The molecule has 0 saturated carbocycles. The summed E-state index contributed by atoms with van der Waals surface area (Å²) < 4.78 is 27.3. The molecule has 3 rings (SSSR count). The molecule has 0 saturated heterocycles. The summed E-state index contributed by atoms with van der Waals surface area (Å²) in [6.07, 6.45) is 1.50. The molecule has 30 heavy (non-hydrogen) atoms. The van der Waals surface area contributed by atoms with Crippen LogP contribution in [0.2, 0.25) is 5.02 Å². The lowest BCUT2D eigenvalue weighted by Crippen LogP contribution is -2.39. The Morgan fingerprint density at radius 2 is 1.63 bits per heavy atom. The van der Waals surface area contributed by atoms with Crippen molar-refractivity contribution < 1.29 is 13.2 Å². The standard InChI is InChI=1S/C22H20ClN3O3S/c1-17-7-9-18(10-8-17)15-24-25-22(27)16-26(20-13-11-19(23)12-14-20)30(28,29)21-5-3-2-4-6-21/h2-15H,16H2,1H3,(H,25,27). The zero-order chi connectivity index (χ0) is 21.6. The molecule has 0 heterocycles. The van der Waals surface area contributed by atoms with Crippen LogP contribution in [0.1, 0.15) is 11.1 Å². The Balaban J connectivity index is 1.81. The number of hydrogen-bond acceptors (Lipinski definition) is 4. The molecule has 0 aliphatic heterocycles. The van der Waals surface area contributed by atoms with Crippen molar-refractivity contribution in [3.63, 3.8) is 0 Å². The zero-order valence-corrected chi connectivity index (χ0v) is 17.8. The first-order chi connectivity index (χ1) is 14.4. The third kappa shape index (κ3) is 5.46. The zero-order valence-electron chi connectivity index (χ0n) is 16.2. The van der Waals surface area contributed by atoms with E-state index in [4.69, 9.17) is 11.6 Å². The minimum Gasteiger partial charge on any atom is -0.271 e. The number of anilines is 1. The maximum atomic E-state index is 13.2. The van der Waals surface area contributed by atoms with Gasteiger partial charge in [0, 0.05) is 5.02 Å². The smallest absolute Gasteiger partial charge is 0.264 e. The Kier molecular flexibility index (Phi) is 6.87. The molecule has 0 aromatic heterocycles. The molecule has 0 atom stereocenters. The van der Waals surface area contributed by atoms with Crippen LogP contribution in [0, 0.1) is 6.92 Å². The molecule has 3 aromatic rings. The van der Waals surface area contributed by atoms with Crippen LogP contribution in [-0.2, 0) is 14.8 Å². The van der Waals surface area contributed by atoms with Crippen LogP contribution in [0.5, 0.6) is 0 Å². The number of amides is 1. The van der Waals surface area contributed by atoms with Crippen LogP contribution in [0.15, 0.2) is 88.9 Å². The highest BCUT2D eigenvalue weighted by Gasteiger charge is 2.27. The fourth-order valence-electron chi connectivity index (χ4n) is 2.64. The van der Waals surface area contributed by atoms with Crippen molar-refractivity contribution in [2.75, 3.05) is 10.8 Å². The summed E-state index contributed by atoms with van der Waals surface area (Å²) in [6.45, 7) is 1.53. The van der Waals surface area contributed by atoms with Gasteiger partial charge >= 0.3 is 0 Å². The molecule has 8 heteroatoms. The van der Waals surface area contributed by atoms with Crippen molar-refractivity contribution in [2.45, 2.75) is 11.8 Å². The summed E-state index contributed by atoms with van der Waals surface area (Å²) >= 11 is 5.92. The van der Waals surface area contributed by atoms with Crippen LogP contribution in [0.4, 0.5) is 5.69 Å². The maximum Gasteiger partial charge on any atom is 0.264 e. The minimum absolute atomic E-state index is 0.0795. The van der Waals surface area contributed by atoms with Crippen molar-refractivity contribution in [1.82, 2.24) is 5.43 Å². The van der Waals surface area contributed by atoms with E-state index < -0.39 is 22.5 Å². The van der Waals surface area contributed by atoms with Crippen LogP contribution >= 0.6 is 11.6 Å². The number of hydrogen-bond donors (Lipinski definition) is 1. The molecule has 0 radical (unpaired) electrons. The van der Waals surface area contributed by atoms with Gasteiger partial charge in [0.2, 0.25) is 0 Å². The Hall–Kier alpha value is -3.16. The molecule has 154 valence electrons. The molecule has 1 N–H and O–H groups in total. The molecule has 0 aliphatic carbocycles. The van der Waals surface area contributed by atoms with E-state index in [1.54, 1.807) is 42.5 Å². The number of benzene rings is 3. The predicted octanol–water partition coefficient (Wildman–Crippen LogP) is 3.99. The van der Waals surface area contributed by atoms with Gasteiger partial charge in [0.15, 0.2) is 0 Å². The van der Waals surface area contributed by atoms with Crippen LogP contribution in [0.3, 0.4) is 0 Å². The summed E-state index contributed by atoms with van der Waals surface area (Å²) in [5.41, 5.74) is 4.62. The number of carbonyl (C=O) groups excluding carboxylic acids is 1. The van der Waals surface area contributed by atoms with Gasteiger partial charge in [0.1, 0.15) is 6.54 Å². The topological polar surface area (TPSA) is 78.8 Å². The van der Waals surface area contributed by atoms with Gasteiger partial charge in [-0.05, 0) is 48.9 Å². The number of nitrogens with one attached hydrogen (secondary N) is 1. The molecule has 0 spiro atoms. The summed E-state index contributed by atoms with van der Waals surface area (Å²) in [7, 11) is -3.97. The van der Waals surface area contributed by atoms with Gasteiger partial charge in [-0.2, -0.15) is 5.10 Å². The van der Waals surface area contributed by atoms with Gasteiger partial charge in [-0.3, -0.25) is 9.10 Å². The van der Waals surface area contributed by atoms with E-state index in [0.717, 1.165) is 15.4 Å². The Morgan fingerprint density at radius 3 is 2.27 bits per heavy atom. The summed E-state index contributed by atoms with van der Waals surface area (Å²) in [6, 6.07) is 21.7. The van der Waals surface area contributed by atoms with E-state index in [1.807, 2.05) is 31.2 Å². The van der Waals surface area contributed by atoms with Crippen molar-refractivity contribution in [3.05, 3.63) is 95.0 Å². The van der Waals surface area contributed by atoms with Crippen molar-refractivity contribution >= 4 is 39.4 Å². The highest BCUT2D eigenvalue weighted by atomic mass is 35.5. The van der Waals surface area contributed by atoms with E-state index >= 15 is 0 Å². The maximum absolute atomic E-state index is 13.2. The van der Waals surface area contributed by atoms with E-state index in [9.17, 15) is 13.2 Å². The minimum atomic E-state index is -3.97. The average molecular weight is 442 g/mol. The fourth-order valence-corrected chi connectivity index (χ4v) is 4.21. The number of halogens is 1. The highest BCUT2D eigenvalue weighted by molar-refractivity contribution is 7.92. The second kappa shape index (κ2) is 9.56. The summed E-state index contributed by atoms with van der Waals surface area (Å²) in [4.78, 5) is 12.5. The van der Waals surface area contributed by atoms with E-state index in [0.29, 0.717) is 10.7 Å². The van der Waals surface area contributed by atoms with Crippen LogP contribution < -0.4 is 9.73 Å². The third-order valence-corrected chi connectivity index (χ3v) is 6.25. The van der Waals surface area contributed by atoms with Crippen molar-refractivity contribution in [2.24, 2.45) is 5.10 Å². The lowest BCUT2D eigenvalue weighted by atomic mass is 10.2. The number of carbonyl (C=O) groups is 1. The highest BCUT2D eigenvalue weighted by Crippen LogP contribution is 2.24. The monoisotopic (exact) mass is 441 g/mol. The van der Waals surface area contributed by atoms with Gasteiger partial charge in [-0.15, -0.1) is 0 Å². The quantitative estimate of drug-likeness (QED) is 0.444. The molecular formula is C22H20ClN3O3S. The molecule has 0 unspecified atom stereocenters. The molecule has 0 fully saturated rings. The van der Waals surface area contributed by atoms with E-state index in [2.05, 4.69) is 10.5 Å². The number of sulfonamides is 1. The van der Waals surface area contributed by atoms with E-state index in [1.165, 1.54) is 18.3 Å². The fraction of sp³-hybridized carbons (Fsp3) is 0.0909. The van der Waals surface area contributed by atoms with Gasteiger partial charge in [0.05, 0.1) is 16.8 Å². The molecule has 1 amide bonds. The second-order valence-corrected chi connectivity index (χ2v) is 8.80. The second-order valence-electron chi connectivity index (χ2n) is 6.51. The summed E-state index contributed by atoms with van der Waals surface area (Å²) in [5, 5.41) is 4.38. The summed E-state index contributed by atoms with van der Waals surface area (Å²) in [5.74, 6) is -0.576. The number of aryl methyl sites for hydroxylation is 1. The molecule has 0 bridgehead atoms. The lowest BCUT2D eigenvalue weighted by molar-refractivity contribution is -0.119. The Morgan fingerprint density at radius 1 is 1.00 bits per heavy atom. The van der Waals surface area contributed by atoms with Gasteiger partial charge < -0.3 is 0 Å². The third-order valence-electron chi connectivity index (χ3n) is 4.21. The van der Waals surface area contributed by atoms with Gasteiger partial charge in [-0.1, -0.05) is 59.6 Å². The normalized spacial score (nSPS) is 11.4. The average Bonchev–Trinajstić information content (AvgIpc) is 2.75. The number of rotatable bonds is 7. The Bertz CT molecular complexity index is 1130. The molecule has 6 nitrogen and oxygen atoms in total. The number of nitrogens with zero attached hydrogens (tertiary/aromatic N) is 2. The van der Waals surface area contributed by atoms with Gasteiger partial charge in [-0.25, -0.2) is 13.8 Å². The first-order valence-corrected chi connectivity index (χ1v) is 10.9. The SMILES string of the molecule is Cc1ccc(C=NNC(=O)CN(c2ccc(Cl)cc2)S(=O)(=O)c2ccccc2)cc1. The van der Waals surface area contributed by atoms with Crippen molar-refractivity contribution in [1.29, 1.82) is 0 Å². The largest absolute Gasteiger partial charge is 0.271 e. The first-order valence-electron chi connectivity index (χ1n) is 9.08. The van der Waals surface area contributed by atoms with Crippen LogP contribution in [-0.4, -0.2) is 27.1 Å². The predicted molar refractivity (Wildman–Crippen MR) is 119 cm³/mol. The molecule has 0 aliphatic rings. The lowest BCUT2D eigenvalue weighted by Gasteiger charge is -2.23. The van der Waals surface area contributed by atoms with Crippen LogP contribution in [0.25, 0.3) is 0 Å².